The molecular formula is C15H23N3O3S2. The second-order valence-electron chi connectivity index (χ2n) is 6.31. The third-order valence-corrected chi connectivity index (χ3v) is 8.07. The Morgan fingerprint density at radius 1 is 1.35 bits per heavy atom. The zero-order valence-corrected chi connectivity index (χ0v) is 14.9. The number of nitrogens with zero attached hydrogens (tertiary/aromatic N) is 2. The molecule has 0 bridgehead atoms. The predicted octanol–water partition coefficient (Wildman–Crippen LogP) is 1.02. The minimum absolute atomic E-state index is 0.0599. The molecule has 0 spiro atoms. The van der Waals surface area contributed by atoms with Crippen molar-refractivity contribution in [2.45, 2.75) is 36.4 Å². The van der Waals surface area contributed by atoms with E-state index in [1.54, 1.807) is 17.0 Å². The molecule has 2 aliphatic heterocycles. The van der Waals surface area contributed by atoms with Crippen LogP contribution in [-0.2, 0) is 14.8 Å². The van der Waals surface area contributed by atoms with E-state index in [1.165, 1.54) is 15.6 Å². The van der Waals surface area contributed by atoms with E-state index >= 15 is 0 Å². The van der Waals surface area contributed by atoms with Crippen molar-refractivity contribution in [1.82, 2.24) is 9.21 Å². The number of hydrogen-bond acceptors (Lipinski definition) is 5. The van der Waals surface area contributed by atoms with Gasteiger partial charge in [0.05, 0.1) is 0 Å². The number of sulfonamides is 1. The number of amides is 1. The first-order valence-electron chi connectivity index (χ1n) is 8.00. The highest BCUT2D eigenvalue weighted by Gasteiger charge is 2.42. The van der Waals surface area contributed by atoms with Crippen molar-refractivity contribution in [3.05, 3.63) is 17.0 Å². The van der Waals surface area contributed by atoms with Crippen molar-refractivity contribution < 1.29 is 13.2 Å². The summed E-state index contributed by atoms with van der Waals surface area (Å²) >= 11 is 1.26. The van der Waals surface area contributed by atoms with Crippen LogP contribution in [0.3, 0.4) is 0 Å². The van der Waals surface area contributed by atoms with Crippen molar-refractivity contribution in [3.8, 4) is 0 Å². The molecule has 2 unspecified atom stereocenters. The molecule has 1 aromatic rings. The summed E-state index contributed by atoms with van der Waals surface area (Å²) in [4.78, 5) is 15.5. The fourth-order valence-electron chi connectivity index (χ4n) is 3.38. The zero-order chi connectivity index (χ0) is 16.6. The Bertz CT molecular complexity index is 686. The number of carbonyl (C=O) groups is 1. The van der Waals surface area contributed by atoms with Crippen LogP contribution >= 0.6 is 11.3 Å². The molecule has 1 aromatic heterocycles. The van der Waals surface area contributed by atoms with Gasteiger partial charge in [-0.2, -0.15) is 4.31 Å². The van der Waals surface area contributed by atoms with Gasteiger partial charge in [0, 0.05) is 24.5 Å². The van der Waals surface area contributed by atoms with Crippen LogP contribution in [0.5, 0.6) is 0 Å². The van der Waals surface area contributed by atoms with Gasteiger partial charge in [-0.15, -0.1) is 11.3 Å². The van der Waals surface area contributed by atoms with Crippen LogP contribution in [0.25, 0.3) is 0 Å². The second kappa shape index (κ2) is 6.51. The Morgan fingerprint density at radius 3 is 2.74 bits per heavy atom. The average Bonchev–Trinajstić information content (AvgIpc) is 3.26. The number of nitrogens with two attached hydrogens (primary N) is 1. The predicted molar refractivity (Wildman–Crippen MR) is 89.7 cm³/mol. The second-order valence-corrected chi connectivity index (χ2v) is 9.72. The maximum atomic E-state index is 12.8. The van der Waals surface area contributed by atoms with Crippen molar-refractivity contribution >= 4 is 27.3 Å². The van der Waals surface area contributed by atoms with Gasteiger partial charge in [0.2, 0.25) is 5.91 Å². The smallest absolute Gasteiger partial charge is 0.253 e. The number of hydrogen-bond donors (Lipinski definition) is 1. The number of rotatable bonds is 4. The first kappa shape index (κ1) is 16.9. The van der Waals surface area contributed by atoms with E-state index in [1.807, 2.05) is 6.92 Å². The monoisotopic (exact) mass is 357 g/mol. The van der Waals surface area contributed by atoms with Gasteiger partial charge in [-0.3, -0.25) is 4.79 Å². The van der Waals surface area contributed by atoms with Gasteiger partial charge in [0.1, 0.15) is 10.3 Å². The van der Waals surface area contributed by atoms with Crippen molar-refractivity contribution in [1.29, 1.82) is 0 Å². The summed E-state index contributed by atoms with van der Waals surface area (Å²) in [6, 6.07) is 2.88. The van der Waals surface area contributed by atoms with Gasteiger partial charge >= 0.3 is 0 Å². The third-order valence-electron chi connectivity index (χ3n) is 4.70. The van der Waals surface area contributed by atoms with Gasteiger partial charge in [0.25, 0.3) is 10.0 Å². The molecule has 0 saturated carbocycles. The first-order valence-corrected chi connectivity index (χ1v) is 10.3. The number of aryl methyl sites for hydroxylation is 1. The van der Waals surface area contributed by atoms with Gasteiger partial charge < -0.3 is 10.6 Å². The summed E-state index contributed by atoms with van der Waals surface area (Å²) in [5, 5.41) is 0. The molecule has 3 rings (SSSR count). The van der Waals surface area contributed by atoms with Crippen LogP contribution in [0.15, 0.2) is 16.3 Å². The summed E-state index contributed by atoms with van der Waals surface area (Å²) in [5.41, 5.74) is 5.68. The quantitative estimate of drug-likeness (QED) is 0.872. The summed E-state index contributed by atoms with van der Waals surface area (Å²) < 4.78 is 27.4. The van der Waals surface area contributed by atoms with Crippen molar-refractivity contribution in [2.24, 2.45) is 11.7 Å². The van der Waals surface area contributed by atoms with Crippen molar-refractivity contribution in [3.63, 3.8) is 0 Å². The van der Waals surface area contributed by atoms with Crippen LogP contribution in [0, 0.1) is 12.8 Å². The molecule has 2 aliphatic rings. The molecule has 128 valence electrons. The molecule has 8 heteroatoms. The Hall–Kier alpha value is -0.960. The van der Waals surface area contributed by atoms with Gasteiger partial charge in [-0.25, -0.2) is 8.42 Å². The maximum absolute atomic E-state index is 12.8. The van der Waals surface area contributed by atoms with E-state index in [0.29, 0.717) is 42.7 Å². The lowest BCUT2D eigenvalue weighted by Gasteiger charge is -2.27. The van der Waals surface area contributed by atoms with Crippen LogP contribution in [0.2, 0.25) is 0 Å². The molecule has 6 nitrogen and oxygen atoms in total. The highest BCUT2D eigenvalue weighted by molar-refractivity contribution is 7.91. The normalized spacial score (nSPS) is 26.1. The minimum atomic E-state index is -3.58. The molecule has 2 atom stereocenters. The fourth-order valence-corrected chi connectivity index (χ4v) is 6.44. The maximum Gasteiger partial charge on any atom is 0.253 e. The Kier molecular flexibility index (Phi) is 4.78. The first-order chi connectivity index (χ1) is 10.9. The van der Waals surface area contributed by atoms with E-state index in [-0.39, 0.29) is 5.91 Å². The Labute approximate surface area is 141 Å². The lowest BCUT2D eigenvalue weighted by atomic mass is 10.1. The summed E-state index contributed by atoms with van der Waals surface area (Å²) in [6.45, 7) is 4.21. The van der Waals surface area contributed by atoms with E-state index in [0.717, 1.165) is 17.7 Å². The van der Waals surface area contributed by atoms with E-state index in [2.05, 4.69) is 0 Å². The highest BCUT2D eigenvalue weighted by Crippen LogP contribution is 2.31. The van der Waals surface area contributed by atoms with Gasteiger partial charge in [0.15, 0.2) is 0 Å². The number of thiophene rings is 1. The van der Waals surface area contributed by atoms with E-state index < -0.39 is 16.1 Å². The molecule has 0 radical (unpaired) electrons. The molecule has 2 fully saturated rings. The van der Waals surface area contributed by atoms with Crippen LogP contribution < -0.4 is 5.73 Å². The molecular weight excluding hydrogens is 334 g/mol. The number of likely N-dealkylation sites (tertiary alicyclic amines) is 1. The standard InChI is InChI=1S/C15H23N3O3S2/c1-11-4-5-14(22-11)23(20,21)18-7-2-3-13(18)15(19)17-8-6-12(9-16)10-17/h4-5,12-13H,2-3,6-10,16H2,1H3. The highest BCUT2D eigenvalue weighted by atomic mass is 32.2. The molecule has 0 aromatic carbocycles. The van der Waals surface area contributed by atoms with Gasteiger partial charge in [-0.1, -0.05) is 0 Å². The molecule has 1 amide bonds. The van der Waals surface area contributed by atoms with Crippen LogP contribution in [0.1, 0.15) is 24.1 Å². The Balaban J connectivity index is 1.79. The van der Waals surface area contributed by atoms with Crippen molar-refractivity contribution in [2.75, 3.05) is 26.2 Å². The lowest BCUT2D eigenvalue weighted by molar-refractivity contribution is -0.133. The lowest BCUT2D eigenvalue weighted by Crippen LogP contribution is -2.47. The zero-order valence-electron chi connectivity index (χ0n) is 13.3. The molecule has 0 aliphatic carbocycles. The van der Waals surface area contributed by atoms with Crippen LogP contribution in [0.4, 0.5) is 0 Å². The SMILES string of the molecule is Cc1ccc(S(=O)(=O)N2CCCC2C(=O)N2CCC(CN)C2)s1. The van der Waals surface area contributed by atoms with Crippen LogP contribution in [-0.4, -0.2) is 55.8 Å². The summed E-state index contributed by atoms with van der Waals surface area (Å²) in [6.07, 6.45) is 2.24. The summed E-state index contributed by atoms with van der Waals surface area (Å²) in [7, 11) is -3.58. The largest absolute Gasteiger partial charge is 0.341 e. The minimum Gasteiger partial charge on any atom is -0.341 e. The fraction of sp³-hybridized carbons (Fsp3) is 0.667. The molecule has 2 N–H and O–H groups in total. The Morgan fingerprint density at radius 2 is 2.13 bits per heavy atom. The summed E-state index contributed by atoms with van der Waals surface area (Å²) in [5.74, 6) is 0.278. The molecule has 23 heavy (non-hydrogen) atoms. The number of carbonyl (C=O) groups excluding carboxylic acids is 1. The molecule has 3 heterocycles. The topological polar surface area (TPSA) is 83.7 Å². The average molecular weight is 358 g/mol. The molecule has 2 saturated heterocycles. The third kappa shape index (κ3) is 3.17. The van der Waals surface area contributed by atoms with E-state index in [4.69, 9.17) is 5.73 Å². The van der Waals surface area contributed by atoms with Gasteiger partial charge in [-0.05, 0) is 50.8 Å². The van der Waals surface area contributed by atoms with E-state index in [9.17, 15) is 13.2 Å².